The van der Waals surface area contributed by atoms with Crippen LogP contribution in [0.15, 0.2) is 36.4 Å². The highest BCUT2D eigenvalue weighted by atomic mass is 16.5. The number of carbonyl (C=O) groups excluding carboxylic acids is 1. The molecule has 6 heteroatoms. The molecule has 0 aliphatic rings. The number of hydrogen-bond acceptors (Lipinski definition) is 4. The van der Waals surface area contributed by atoms with E-state index in [1.165, 1.54) is 6.92 Å². The minimum Gasteiger partial charge on any atom is -0.478 e. The molecule has 0 radical (unpaired) electrons. The predicted molar refractivity (Wildman–Crippen MR) is 68.0 cm³/mol. The lowest BCUT2D eigenvalue weighted by molar-refractivity contribution is -0.132. The van der Waals surface area contributed by atoms with E-state index in [-0.39, 0.29) is 12.2 Å². The number of primary amides is 1. The lowest BCUT2D eigenvalue weighted by Gasteiger charge is -2.00. The Morgan fingerprint density at radius 1 is 1.42 bits per heavy atom. The van der Waals surface area contributed by atoms with Crippen molar-refractivity contribution in [2.75, 3.05) is 0 Å². The Hall–Kier alpha value is -2.81. The molecule has 0 saturated carbocycles. The number of carboxylic acid groups (broad SMARTS) is 1. The van der Waals surface area contributed by atoms with Gasteiger partial charge in [0.2, 0.25) is 0 Å². The van der Waals surface area contributed by atoms with Crippen molar-refractivity contribution in [1.29, 1.82) is 5.26 Å². The van der Waals surface area contributed by atoms with Gasteiger partial charge in [0.1, 0.15) is 6.61 Å². The maximum Gasteiger partial charge on any atom is 0.404 e. The molecule has 0 bridgehead atoms. The van der Waals surface area contributed by atoms with Crippen molar-refractivity contribution in [1.82, 2.24) is 0 Å². The fourth-order valence-electron chi connectivity index (χ4n) is 0.830. The van der Waals surface area contributed by atoms with Crippen LogP contribution in [0.2, 0.25) is 0 Å². The molecule has 3 N–H and O–H groups in total. The smallest absolute Gasteiger partial charge is 0.404 e. The number of ether oxygens (including phenoxy) is 1. The molecule has 0 aliphatic carbocycles. The largest absolute Gasteiger partial charge is 0.478 e. The van der Waals surface area contributed by atoms with Gasteiger partial charge in [-0.3, -0.25) is 0 Å². The Bertz CT molecular complexity index is 488. The number of benzene rings is 1. The fraction of sp³-hybridized carbons (Fsp3) is 0.154. The molecule has 1 rings (SSSR count). The second-order valence-electron chi connectivity index (χ2n) is 3.50. The minimum atomic E-state index is -0.935. The van der Waals surface area contributed by atoms with Crippen molar-refractivity contribution in [3.05, 3.63) is 47.5 Å². The molecule has 100 valence electrons. The van der Waals surface area contributed by atoms with Crippen LogP contribution in [0.1, 0.15) is 18.1 Å². The van der Waals surface area contributed by atoms with Crippen LogP contribution in [0.25, 0.3) is 0 Å². The summed E-state index contributed by atoms with van der Waals surface area (Å²) in [6.07, 6.45) is -0.802. The van der Waals surface area contributed by atoms with Crippen LogP contribution in [-0.4, -0.2) is 17.2 Å². The van der Waals surface area contributed by atoms with Gasteiger partial charge in [-0.2, -0.15) is 5.26 Å². The average molecular weight is 262 g/mol. The molecular formula is C13H14N2O4. The van der Waals surface area contributed by atoms with Crippen LogP contribution >= 0.6 is 0 Å². The fourth-order valence-corrected chi connectivity index (χ4v) is 0.830. The number of nitrogens with two attached hydrogens (primary N) is 1. The van der Waals surface area contributed by atoms with Crippen LogP contribution < -0.4 is 5.73 Å². The molecule has 0 unspecified atom stereocenters. The van der Waals surface area contributed by atoms with Crippen LogP contribution in [0.4, 0.5) is 4.79 Å². The van der Waals surface area contributed by atoms with Gasteiger partial charge in [0.15, 0.2) is 0 Å². The maximum atomic E-state index is 10.2. The molecule has 19 heavy (non-hydrogen) atoms. The normalized spacial score (nSPS) is 8.42. The number of nitrogens with zero attached hydrogens (tertiary/aromatic N) is 1. The lowest BCUT2D eigenvalue weighted by Crippen LogP contribution is -2.12. The summed E-state index contributed by atoms with van der Waals surface area (Å²) in [7, 11) is 0. The van der Waals surface area contributed by atoms with Gasteiger partial charge in [0.05, 0.1) is 11.6 Å². The Labute approximate surface area is 110 Å². The molecule has 0 atom stereocenters. The van der Waals surface area contributed by atoms with Gasteiger partial charge in [-0.25, -0.2) is 9.59 Å². The van der Waals surface area contributed by atoms with E-state index >= 15 is 0 Å². The van der Waals surface area contributed by atoms with E-state index in [4.69, 9.17) is 16.1 Å². The molecule has 6 nitrogen and oxygen atoms in total. The van der Waals surface area contributed by atoms with Crippen LogP contribution in [0.5, 0.6) is 0 Å². The average Bonchev–Trinajstić information content (AvgIpc) is 2.37. The van der Waals surface area contributed by atoms with Gasteiger partial charge in [0.25, 0.3) is 0 Å². The maximum absolute atomic E-state index is 10.2. The first-order valence-corrected chi connectivity index (χ1v) is 5.17. The van der Waals surface area contributed by atoms with Gasteiger partial charge in [0, 0.05) is 5.57 Å². The molecule has 0 saturated heterocycles. The van der Waals surface area contributed by atoms with Gasteiger partial charge < -0.3 is 15.6 Å². The number of amides is 1. The van der Waals surface area contributed by atoms with Crippen LogP contribution in [-0.2, 0) is 16.1 Å². The first-order valence-electron chi connectivity index (χ1n) is 5.17. The Balaban J connectivity index is 0.000000459. The van der Waals surface area contributed by atoms with E-state index < -0.39 is 12.1 Å². The van der Waals surface area contributed by atoms with Crippen LogP contribution in [0, 0.1) is 11.3 Å². The molecule has 0 spiro atoms. The van der Waals surface area contributed by atoms with E-state index in [2.05, 4.69) is 11.3 Å². The van der Waals surface area contributed by atoms with E-state index in [0.717, 1.165) is 5.56 Å². The van der Waals surface area contributed by atoms with Gasteiger partial charge in [-0.1, -0.05) is 18.7 Å². The molecule has 1 amide bonds. The van der Waals surface area contributed by atoms with E-state index in [9.17, 15) is 9.59 Å². The van der Waals surface area contributed by atoms with Crippen LogP contribution in [0.3, 0.4) is 0 Å². The third-order valence-electron chi connectivity index (χ3n) is 1.83. The lowest BCUT2D eigenvalue weighted by atomic mass is 10.2. The van der Waals surface area contributed by atoms with E-state index in [0.29, 0.717) is 5.56 Å². The van der Waals surface area contributed by atoms with Gasteiger partial charge in [-0.15, -0.1) is 0 Å². The summed E-state index contributed by atoms with van der Waals surface area (Å²) in [6.45, 7) is 4.74. The highest BCUT2D eigenvalue weighted by molar-refractivity contribution is 5.84. The quantitative estimate of drug-likeness (QED) is 0.806. The van der Waals surface area contributed by atoms with Crippen molar-refractivity contribution < 1.29 is 19.4 Å². The van der Waals surface area contributed by atoms with Crippen molar-refractivity contribution in [3.8, 4) is 6.07 Å². The summed E-state index contributed by atoms with van der Waals surface area (Å²) in [4.78, 5) is 19.8. The predicted octanol–water partition coefficient (Wildman–Crippen LogP) is 1.80. The summed E-state index contributed by atoms with van der Waals surface area (Å²) < 4.78 is 4.56. The third-order valence-corrected chi connectivity index (χ3v) is 1.83. The summed E-state index contributed by atoms with van der Waals surface area (Å²) in [6, 6.07) is 8.71. The molecule has 1 aromatic carbocycles. The van der Waals surface area contributed by atoms with Crippen molar-refractivity contribution >= 4 is 12.1 Å². The molecule has 0 heterocycles. The molecular weight excluding hydrogens is 248 g/mol. The number of carbonyl (C=O) groups is 2. The Morgan fingerprint density at radius 3 is 2.21 bits per heavy atom. The SMILES string of the molecule is C=C(C)C(=O)O.N#Cc1ccc(COC(N)=O)cc1. The van der Waals surface area contributed by atoms with E-state index in [1.807, 2.05) is 6.07 Å². The second kappa shape index (κ2) is 8.31. The standard InChI is InChI=1S/C9H8N2O2.C4H6O2/c10-5-7-1-3-8(4-2-7)6-13-9(11)12;1-3(2)4(5)6/h1-4H,6H2,(H2,11,12);1H2,2H3,(H,5,6). The highest BCUT2D eigenvalue weighted by Gasteiger charge is 1.96. The molecule has 0 fully saturated rings. The summed E-state index contributed by atoms with van der Waals surface area (Å²) >= 11 is 0. The number of aliphatic carboxylic acids is 1. The van der Waals surface area contributed by atoms with Gasteiger partial charge in [-0.05, 0) is 24.6 Å². The van der Waals surface area contributed by atoms with Crippen molar-refractivity contribution in [3.63, 3.8) is 0 Å². The number of nitriles is 1. The van der Waals surface area contributed by atoms with Gasteiger partial charge >= 0.3 is 12.1 Å². The topological polar surface area (TPSA) is 113 Å². The number of carboxylic acids is 1. The zero-order valence-electron chi connectivity index (χ0n) is 10.4. The minimum absolute atomic E-state index is 0.140. The second-order valence-corrected chi connectivity index (χ2v) is 3.50. The summed E-state index contributed by atoms with van der Waals surface area (Å²) in [5, 5.41) is 16.4. The molecule has 0 aromatic heterocycles. The number of hydrogen-bond donors (Lipinski definition) is 2. The first kappa shape index (κ1) is 16.2. The molecule has 0 aliphatic heterocycles. The Kier molecular flexibility index (Phi) is 7.08. The summed E-state index contributed by atoms with van der Waals surface area (Å²) in [5.74, 6) is -0.935. The molecule has 1 aromatic rings. The monoisotopic (exact) mass is 262 g/mol. The van der Waals surface area contributed by atoms with Crippen molar-refractivity contribution in [2.24, 2.45) is 5.73 Å². The zero-order chi connectivity index (χ0) is 14.8. The number of rotatable bonds is 3. The third kappa shape index (κ3) is 7.99. The highest BCUT2D eigenvalue weighted by Crippen LogP contribution is 2.04. The van der Waals surface area contributed by atoms with E-state index in [1.54, 1.807) is 24.3 Å². The Morgan fingerprint density at radius 2 is 1.89 bits per heavy atom. The summed E-state index contributed by atoms with van der Waals surface area (Å²) in [5.41, 5.74) is 6.33. The van der Waals surface area contributed by atoms with Crippen molar-refractivity contribution in [2.45, 2.75) is 13.5 Å². The zero-order valence-corrected chi connectivity index (χ0v) is 10.4. The first-order chi connectivity index (χ1) is 8.86.